The van der Waals surface area contributed by atoms with Crippen LogP contribution >= 0.6 is 0 Å². The summed E-state index contributed by atoms with van der Waals surface area (Å²) in [5.41, 5.74) is 0.879. The number of hydrogen-bond acceptors (Lipinski definition) is 2. The summed E-state index contributed by atoms with van der Waals surface area (Å²) in [6.45, 7) is 4.36. The van der Waals surface area contributed by atoms with Crippen LogP contribution in [0.5, 0.6) is 0 Å². The second kappa shape index (κ2) is 6.21. The van der Waals surface area contributed by atoms with Gasteiger partial charge in [-0.15, -0.1) is 0 Å². The second-order valence-electron chi connectivity index (χ2n) is 4.67. The number of nitriles is 1. The summed E-state index contributed by atoms with van der Waals surface area (Å²) in [5.74, 6) is -0.692. The Hall–Kier alpha value is -2.34. The lowest BCUT2D eigenvalue weighted by atomic mass is 10.0. The summed E-state index contributed by atoms with van der Waals surface area (Å²) >= 11 is 0. The summed E-state index contributed by atoms with van der Waals surface area (Å²) < 4.78 is 0. The maximum atomic E-state index is 12.5. The van der Waals surface area contributed by atoms with Crippen molar-refractivity contribution in [1.82, 2.24) is 0 Å². The van der Waals surface area contributed by atoms with Gasteiger partial charge in [0.2, 0.25) is 5.91 Å². The number of benzene rings is 2. The average molecular weight is 266 g/mol. The molecule has 0 N–H and O–H groups in total. The molecule has 1 atom stereocenters. The number of carbonyl (C=O) groups is 1. The summed E-state index contributed by atoms with van der Waals surface area (Å²) in [7, 11) is 0. The number of rotatable bonds is 4. The first-order valence-corrected chi connectivity index (χ1v) is 6.91. The predicted molar refractivity (Wildman–Crippen MR) is 81.4 cm³/mol. The van der Waals surface area contributed by atoms with Gasteiger partial charge in [-0.1, -0.05) is 43.3 Å². The van der Waals surface area contributed by atoms with Gasteiger partial charge in [0.1, 0.15) is 5.92 Å². The van der Waals surface area contributed by atoms with E-state index in [1.54, 1.807) is 4.90 Å². The fourth-order valence-corrected chi connectivity index (χ4v) is 2.40. The molecule has 2 aromatic carbocycles. The molecule has 0 aliphatic heterocycles. The van der Waals surface area contributed by atoms with Gasteiger partial charge in [0.05, 0.1) is 11.8 Å². The van der Waals surface area contributed by atoms with E-state index in [1.807, 2.05) is 56.3 Å². The van der Waals surface area contributed by atoms with Crippen molar-refractivity contribution in [3.63, 3.8) is 0 Å². The summed E-state index contributed by atoms with van der Waals surface area (Å²) in [4.78, 5) is 14.2. The lowest BCUT2D eigenvalue weighted by Crippen LogP contribution is -2.35. The number of fused-ring (bicyclic) bond motifs is 1. The fourth-order valence-electron chi connectivity index (χ4n) is 2.40. The van der Waals surface area contributed by atoms with Gasteiger partial charge in [0.25, 0.3) is 0 Å². The molecule has 0 aliphatic rings. The van der Waals surface area contributed by atoms with E-state index >= 15 is 0 Å². The third-order valence-electron chi connectivity index (χ3n) is 3.50. The first-order valence-electron chi connectivity index (χ1n) is 6.91. The summed E-state index contributed by atoms with van der Waals surface area (Å²) in [6.07, 6.45) is 0.538. The number of amides is 1. The van der Waals surface area contributed by atoms with E-state index in [-0.39, 0.29) is 5.91 Å². The van der Waals surface area contributed by atoms with Gasteiger partial charge >= 0.3 is 0 Å². The molecule has 0 spiro atoms. The van der Waals surface area contributed by atoms with E-state index in [9.17, 15) is 4.79 Å². The van der Waals surface area contributed by atoms with Crippen molar-refractivity contribution in [3.05, 3.63) is 42.5 Å². The van der Waals surface area contributed by atoms with E-state index < -0.39 is 5.92 Å². The van der Waals surface area contributed by atoms with E-state index in [0.717, 1.165) is 16.5 Å². The highest BCUT2D eigenvalue weighted by molar-refractivity contribution is 6.05. The average Bonchev–Trinajstić information content (AvgIpc) is 2.49. The molecule has 1 amide bonds. The Labute approximate surface area is 119 Å². The SMILES string of the molecule is CCC(C#N)C(=O)N(CC)c1cccc2ccccc12. The standard InChI is InChI=1S/C17H18N2O/c1-3-13(12-18)17(20)19(4-2)16-11-7-9-14-8-5-6-10-15(14)16/h5-11,13H,3-4H2,1-2H3. The van der Waals surface area contributed by atoms with Gasteiger partial charge in [-0.3, -0.25) is 4.79 Å². The fraction of sp³-hybridized carbons (Fsp3) is 0.294. The minimum atomic E-state index is -0.575. The smallest absolute Gasteiger partial charge is 0.244 e. The van der Waals surface area contributed by atoms with Gasteiger partial charge in [-0.05, 0) is 24.8 Å². The van der Waals surface area contributed by atoms with Crippen LogP contribution in [0.1, 0.15) is 20.3 Å². The third kappa shape index (κ3) is 2.50. The molecule has 2 rings (SSSR count). The van der Waals surface area contributed by atoms with Gasteiger partial charge in [-0.2, -0.15) is 5.26 Å². The molecule has 0 fully saturated rings. The molecule has 0 radical (unpaired) electrons. The van der Waals surface area contributed by atoms with Gasteiger partial charge in [0, 0.05) is 11.9 Å². The molecule has 3 heteroatoms. The van der Waals surface area contributed by atoms with Crippen molar-refractivity contribution in [2.45, 2.75) is 20.3 Å². The molecule has 3 nitrogen and oxygen atoms in total. The van der Waals surface area contributed by atoms with E-state index in [2.05, 4.69) is 6.07 Å². The van der Waals surface area contributed by atoms with Crippen molar-refractivity contribution in [1.29, 1.82) is 5.26 Å². The molecule has 0 saturated carbocycles. The van der Waals surface area contributed by atoms with Gasteiger partial charge in [0.15, 0.2) is 0 Å². The van der Waals surface area contributed by atoms with Crippen LogP contribution in [0.25, 0.3) is 10.8 Å². The van der Waals surface area contributed by atoms with Crippen molar-refractivity contribution >= 4 is 22.4 Å². The molecular weight excluding hydrogens is 248 g/mol. The summed E-state index contributed by atoms with van der Waals surface area (Å²) in [6, 6.07) is 16.0. The minimum Gasteiger partial charge on any atom is -0.311 e. The normalized spacial score (nSPS) is 11.8. The molecule has 20 heavy (non-hydrogen) atoms. The van der Waals surface area contributed by atoms with Gasteiger partial charge < -0.3 is 4.90 Å². The Kier molecular flexibility index (Phi) is 4.37. The van der Waals surface area contributed by atoms with E-state index in [0.29, 0.717) is 13.0 Å². The topological polar surface area (TPSA) is 44.1 Å². The first-order chi connectivity index (χ1) is 9.72. The lowest BCUT2D eigenvalue weighted by molar-refractivity contribution is -0.120. The van der Waals surface area contributed by atoms with Gasteiger partial charge in [-0.25, -0.2) is 0 Å². The second-order valence-corrected chi connectivity index (χ2v) is 4.67. The molecule has 0 bridgehead atoms. The number of anilines is 1. The number of carbonyl (C=O) groups excluding carboxylic acids is 1. The molecule has 1 unspecified atom stereocenters. The zero-order chi connectivity index (χ0) is 14.5. The van der Waals surface area contributed by atoms with Crippen molar-refractivity contribution in [2.75, 3.05) is 11.4 Å². The van der Waals surface area contributed by atoms with Crippen LogP contribution in [0.2, 0.25) is 0 Å². The monoisotopic (exact) mass is 266 g/mol. The van der Waals surface area contributed by atoms with E-state index in [4.69, 9.17) is 5.26 Å². The minimum absolute atomic E-state index is 0.117. The highest BCUT2D eigenvalue weighted by Gasteiger charge is 2.23. The Balaban J connectivity index is 2.50. The Bertz CT molecular complexity index is 652. The van der Waals surface area contributed by atoms with E-state index in [1.165, 1.54) is 0 Å². The molecular formula is C17H18N2O. The molecule has 0 heterocycles. The Morgan fingerprint density at radius 2 is 1.90 bits per heavy atom. The maximum absolute atomic E-state index is 12.5. The van der Waals surface area contributed by atoms with Crippen molar-refractivity contribution in [2.24, 2.45) is 5.92 Å². The Morgan fingerprint density at radius 1 is 1.20 bits per heavy atom. The van der Waals surface area contributed by atoms with Crippen molar-refractivity contribution in [3.8, 4) is 6.07 Å². The van der Waals surface area contributed by atoms with Crippen LogP contribution in [0.15, 0.2) is 42.5 Å². The molecule has 2 aromatic rings. The highest BCUT2D eigenvalue weighted by atomic mass is 16.2. The Morgan fingerprint density at radius 3 is 2.55 bits per heavy atom. The highest BCUT2D eigenvalue weighted by Crippen LogP contribution is 2.27. The van der Waals surface area contributed by atoms with Crippen LogP contribution in [0.3, 0.4) is 0 Å². The zero-order valence-electron chi connectivity index (χ0n) is 11.8. The molecule has 102 valence electrons. The van der Waals surface area contributed by atoms with Crippen LogP contribution in [0.4, 0.5) is 5.69 Å². The maximum Gasteiger partial charge on any atom is 0.244 e. The number of hydrogen-bond donors (Lipinski definition) is 0. The van der Waals surface area contributed by atoms with Crippen molar-refractivity contribution < 1.29 is 4.79 Å². The summed E-state index contributed by atoms with van der Waals surface area (Å²) in [5, 5.41) is 11.2. The van der Waals surface area contributed by atoms with Crippen LogP contribution < -0.4 is 4.90 Å². The van der Waals surface area contributed by atoms with Crippen LogP contribution in [-0.2, 0) is 4.79 Å². The zero-order valence-corrected chi connectivity index (χ0v) is 11.8. The van der Waals surface area contributed by atoms with Crippen LogP contribution in [0, 0.1) is 17.2 Å². The molecule has 0 aromatic heterocycles. The number of nitrogens with zero attached hydrogens (tertiary/aromatic N) is 2. The largest absolute Gasteiger partial charge is 0.311 e. The van der Waals surface area contributed by atoms with Crippen LogP contribution in [-0.4, -0.2) is 12.5 Å². The quantitative estimate of drug-likeness (QED) is 0.846. The molecule has 0 saturated heterocycles. The first kappa shape index (κ1) is 14.1. The lowest BCUT2D eigenvalue weighted by Gasteiger charge is -2.24. The molecule has 0 aliphatic carbocycles. The third-order valence-corrected chi connectivity index (χ3v) is 3.50. The predicted octanol–water partition coefficient (Wildman–Crippen LogP) is 3.74.